The lowest BCUT2D eigenvalue weighted by atomic mass is 9.97. The monoisotopic (exact) mass is 342 g/mol. The molecule has 0 atom stereocenters. The predicted molar refractivity (Wildman–Crippen MR) is 94.7 cm³/mol. The zero-order chi connectivity index (χ0) is 17.8. The number of rotatable bonds is 4. The maximum atomic E-state index is 11.9. The molecule has 1 saturated heterocycles. The van der Waals surface area contributed by atoms with Crippen LogP contribution in [0.3, 0.4) is 0 Å². The summed E-state index contributed by atoms with van der Waals surface area (Å²) in [6.45, 7) is 3.78. The molecule has 0 aliphatic carbocycles. The molecule has 1 aromatic heterocycles. The van der Waals surface area contributed by atoms with Crippen molar-refractivity contribution in [2.45, 2.75) is 19.8 Å². The Morgan fingerprint density at radius 1 is 1.20 bits per heavy atom. The van der Waals surface area contributed by atoms with E-state index < -0.39 is 0 Å². The molecule has 0 spiro atoms. The second-order valence-electron chi connectivity index (χ2n) is 6.05. The van der Waals surface area contributed by atoms with Gasteiger partial charge < -0.3 is 14.4 Å². The molecule has 0 radical (unpaired) electrons. The first-order valence-corrected chi connectivity index (χ1v) is 8.53. The second kappa shape index (κ2) is 7.51. The van der Waals surface area contributed by atoms with Crippen LogP contribution in [0.25, 0.3) is 10.9 Å². The van der Waals surface area contributed by atoms with E-state index in [2.05, 4.69) is 9.88 Å². The Morgan fingerprint density at radius 2 is 1.96 bits per heavy atom. The van der Waals surface area contributed by atoms with E-state index in [1.807, 2.05) is 25.1 Å². The van der Waals surface area contributed by atoms with Gasteiger partial charge in [-0.15, -0.1) is 0 Å². The SMILES string of the molecule is CCOC(=O)C1CCN(c2ccc3c(C(=O)OC)cccc3n2)CC1. The van der Waals surface area contributed by atoms with Crippen LogP contribution in [-0.4, -0.2) is 43.7 Å². The number of hydrogen-bond donors (Lipinski definition) is 0. The number of esters is 2. The summed E-state index contributed by atoms with van der Waals surface area (Å²) in [5, 5.41) is 0.777. The molecule has 0 N–H and O–H groups in total. The van der Waals surface area contributed by atoms with E-state index in [0.29, 0.717) is 12.2 Å². The Labute approximate surface area is 146 Å². The average Bonchev–Trinajstić information content (AvgIpc) is 2.66. The van der Waals surface area contributed by atoms with Crippen LogP contribution in [-0.2, 0) is 14.3 Å². The molecule has 3 rings (SSSR count). The van der Waals surface area contributed by atoms with Crippen LogP contribution < -0.4 is 4.90 Å². The van der Waals surface area contributed by atoms with Gasteiger partial charge in [0, 0.05) is 18.5 Å². The van der Waals surface area contributed by atoms with Crippen molar-refractivity contribution in [1.82, 2.24) is 4.98 Å². The lowest BCUT2D eigenvalue weighted by Gasteiger charge is -2.31. The first-order chi connectivity index (χ1) is 12.1. The summed E-state index contributed by atoms with van der Waals surface area (Å²) >= 11 is 0. The number of nitrogens with zero attached hydrogens (tertiary/aromatic N) is 2. The first-order valence-electron chi connectivity index (χ1n) is 8.53. The summed E-state index contributed by atoms with van der Waals surface area (Å²) in [4.78, 5) is 30.6. The minimum Gasteiger partial charge on any atom is -0.466 e. The van der Waals surface area contributed by atoms with Crippen LogP contribution >= 0.6 is 0 Å². The number of hydrogen-bond acceptors (Lipinski definition) is 6. The largest absolute Gasteiger partial charge is 0.466 e. The van der Waals surface area contributed by atoms with Gasteiger partial charge in [-0.25, -0.2) is 9.78 Å². The van der Waals surface area contributed by atoms with Crippen LogP contribution in [0.2, 0.25) is 0 Å². The minimum atomic E-state index is -0.365. The van der Waals surface area contributed by atoms with Gasteiger partial charge >= 0.3 is 11.9 Å². The van der Waals surface area contributed by atoms with Crippen molar-refractivity contribution in [3.63, 3.8) is 0 Å². The molecule has 0 amide bonds. The van der Waals surface area contributed by atoms with Crippen LogP contribution in [0.5, 0.6) is 0 Å². The Kier molecular flexibility index (Phi) is 5.16. The van der Waals surface area contributed by atoms with Crippen molar-refractivity contribution in [3.8, 4) is 0 Å². The zero-order valence-electron chi connectivity index (χ0n) is 14.5. The van der Waals surface area contributed by atoms with Crippen LogP contribution in [0.15, 0.2) is 30.3 Å². The number of benzene rings is 1. The van der Waals surface area contributed by atoms with Gasteiger partial charge in [0.15, 0.2) is 0 Å². The van der Waals surface area contributed by atoms with Crippen LogP contribution in [0.1, 0.15) is 30.1 Å². The highest BCUT2D eigenvalue weighted by atomic mass is 16.5. The van der Waals surface area contributed by atoms with E-state index in [0.717, 1.165) is 42.7 Å². The summed E-state index contributed by atoms with van der Waals surface area (Å²) in [5.41, 5.74) is 1.27. The van der Waals surface area contributed by atoms with Gasteiger partial charge in [-0.2, -0.15) is 0 Å². The fraction of sp³-hybridized carbons (Fsp3) is 0.421. The summed E-state index contributed by atoms with van der Waals surface area (Å²) in [7, 11) is 1.37. The molecule has 132 valence electrons. The van der Waals surface area contributed by atoms with Gasteiger partial charge in [0.05, 0.1) is 30.7 Å². The molecule has 2 heterocycles. The van der Waals surface area contributed by atoms with Crippen molar-refractivity contribution in [3.05, 3.63) is 35.9 Å². The van der Waals surface area contributed by atoms with Crippen molar-refractivity contribution >= 4 is 28.7 Å². The van der Waals surface area contributed by atoms with E-state index in [1.165, 1.54) is 7.11 Å². The van der Waals surface area contributed by atoms with Crippen molar-refractivity contribution < 1.29 is 19.1 Å². The number of piperidine rings is 1. The van der Waals surface area contributed by atoms with E-state index in [4.69, 9.17) is 9.47 Å². The molecule has 25 heavy (non-hydrogen) atoms. The van der Waals surface area contributed by atoms with Gasteiger partial charge in [-0.05, 0) is 44.0 Å². The topological polar surface area (TPSA) is 68.7 Å². The van der Waals surface area contributed by atoms with Crippen LogP contribution in [0.4, 0.5) is 5.82 Å². The molecule has 0 saturated carbocycles. The van der Waals surface area contributed by atoms with Gasteiger partial charge in [0.25, 0.3) is 0 Å². The Morgan fingerprint density at radius 3 is 2.64 bits per heavy atom. The molecule has 0 unspecified atom stereocenters. The second-order valence-corrected chi connectivity index (χ2v) is 6.05. The number of pyridine rings is 1. The summed E-state index contributed by atoms with van der Waals surface area (Å²) < 4.78 is 9.93. The Balaban J connectivity index is 1.77. The minimum absolute atomic E-state index is 0.0254. The van der Waals surface area contributed by atoms with Crippen LogP contribution in [0, 0.1) is 5.92 Å². The molecule has 2 aromatic rings. The van der Waals surface area contributed by atoms with Gasteiger partial charge in [0.2, 0.25) is 0 Å². The molecular formula is C19H22N2O4. The summed E-state index contributed by atoms with van der Waals surface area (Å²) in [6.07, 6.45) is 1.53. The smallest absolute Gasteiger partial charge is 0.338 e. The number of aromatic nitrogens is 1. The highest BCUT2D eigenvalue weighted by Crippen LogP contribution is 2.26. The molecule has 1 aliphatic rings. The highest BCUT2D eigenvalue weighted by Gasteiger charge is 2.26. The number of ether oxygens (including phenoxy) is 2. The third kappa shape index (κ3) is 3.57. The van der Waals surface area contributed by atoms with Gasteiger partial charge in [0.1, 0.15) is 5.82 Å². The van der Waals surface area contributed by atoms with E-state index in [1.54, 1.807) is 12.1 Å². The number of fused-ring (bicyclic) bond motifs is 1. The third-order valence-electron chi connectivity index (χ3n) is 4.56. The lowest BCUT2D eigenvalue weighted by Crippen LogP contribution is -2.37. The molecule has 1 aromatic carbocycles. The standard InChI is InChI=1S/C19H22N2O4/c1-3-25-18(22)13-9-11-21(12-10-13)17-8-7-14-15(19(23)24-2)5-4-6-16(14)20-17/h4-8,13H,3,9-12H2,1-2H3. The Bertz CT molecular complexity index is 782. The fourth-order valence-electron chi connectivity index (χ4n) is 3.21. The number of methoxy groups -OCH3 is 1. The number of anilines is 1. The van der Waals surface area contributed by atoms with E-state index in [-0.39, 0.29) is 17.9 Å². The molecular weight excluding hydrogens is 320 g/mol. The highest BCUT2D eigenvalue weighted by molar-refractivity contribution is 6.03. The van der Waals surface area contributed by atoms with Crippen molar-refractivity contribution in [1.29, 1.82) is 0 Å². The fourth-order valence-corrected chi connectivity index (χ4v) is 3.21. The molecule has 0 bridgehead atoms. The maximum Gasteiger partial charge on any atom is 0.338 e. The normalized spacial score (nSPS) is 15.2. The quantitative estimate of drug-likeness (QED) is 0.796. The first kappa shape index (κ1) is 17.2. The number of carbonyl (C=O) groups excluding carboxylic acids is 2. The van der Waals surface area contributed by atoms with Crippen molar-refractivity contribution in [2.24, 2.45) is 5.92 Å². The molecule has 6 heteroatoms. The number of carbonyl (C=O) groups is 2. The van der Waals surface area contributed by atoms with E-state index >= 15 is 0 Å². The Hall–Kier alpha value is -2.63. The predicted octanol–water partition coefficient (Wildman–Crippen LogP) is 2.80. The molecule has 1 aliphatic heterocycles. The van der Waals surface area contributed by atoms with Gasteiger partial charge in [-0.3, -0.25) is 4.79 Å². The van der Waals surface area contributed by atoms with E-state index in [9.17, 15) is 9.59 Å². The summed E-state index contributed by atoms with van der Waals surface area (Å²) in [5.74, 6) is 0.367. The summed E-state index contributed by atoms with van der Waals surface area (Å²) in [6, 6.07) is 9.25. The lowest BCUT2D eigenvalue weighted by molar-refractivity contribution is -0.148. The maximum absolute atomic E-state index is 11.9. The average molecular weight is 342 g/mol. The zero-order valence-corrected chi connectivity index (χ0v) is 14.5. The van der Waals surface area contributed by atoms with Crippen molar-refractivity contribution in [2.75, 3.05) is 31.7 Å². The third-order valence-corrected chi connectivity index (χ3v) is 4.56. The van der Waals surface area contributed by atoms with Gasteiger partial charge in [-0.1, -0.05) is 6.07 Å². The molecule has 6 nitrogen and oxygen atoms in total. The molecule has 1 fully saturated rings.